The first-order chi connectivity index (χ1) is 18.6. The van der Waals surface area contributed by atoms with Crippen LogP contribution in [0.4, 0.5) is 8.78 Å². The molecule has 0 bridgehead atoms. The summed E-state index contributed by atoms with van der Waals surface area (Å²) in [5.41, 5.74) is 7.13. The Labute approximate surface area is 229 Å². The van der Waals surface area contributed by atoms with Crippen LogP contribution >= 0.6 is 15.9 Å². The first-order valence-electron chi connectivity index (χ1n) is 12.5. The Hall–Kier alpha value is -4.08. The fourth-order valence-electron chi connectivity index (χ4n) is 5.48. The molecule has 0 fully saturated rings. The summed E-state index contributed by atoms with van der Waals surface area (Å²) in [6.45, 7) is 0. The van der Waals surface area contributed by atoms with Crippen molar-refractivity contribution in [3.05, 3.63) is 179 Å². The Morgan fingerprint density at radius 3 is 1.05 bits per heavy atom. The average Bonchev–Trinajstić information content (AvgIpc) is 3.24. The zero-order valence-electron chi connectivity index (χ0n) is 20.4. The Kier molecular flexibility index (Phi) is 6.39. The monoisotopic (exact) mass is 560 g/mol. The minimum Gasteiger partial charge on any atom is -0.207 e. The highest BCUT2D eigenvalue weighted by Gasteiger charge is 2.50. The summed E-state index contributed by atoms with van der Waals surface area (Å²) in [6, 6.07) is 44.0. The van der Waals surface area contributed by atoms with Crippen molar-refractivity contribution >= 4 is 38.2 Å². The Morgan fingerprint density at radius 2 is 0.711 bits per heavy atom. The molecule has 0 N–H and O–H groups in total. The standard InChI is InChI=1S/C35H23BrF2/c36-35(34-28(37)22-13-23-29(34)38)32(26-18-9-3-10-19-26)30(24-14-5-1-6-15-24)31(25-16-7-2-8-17-25)33(35)27-20-11-4-12-21-27/h1-23H. The molecule has 0 saturated heterocycles. The van der Waals surface area contributed by atoms with Crippen molar-refractivity contribution in [2.75, 3.05) is 0 Å². The van der Waals surface area contributed by atoms with Gasteiger partial charge in [-0.2, -0.15) is 0 Å². The Morgan fingerprint density at radius 1 is 0.395 bits per heavy atom. The fraction of sp³-hybridized carbons (Fsp3) is 0.0286. The molecule has 0 radical (unpaired) electrons. The van der Waals surface area contributed by atoms with E-state index in [0.29, 0.717) is 0 Å². The molecule has 3 heteroatoms. The summed E-state index contributed by atoms with van der Waals surface area (Å²) in [5.74, 6) is -1.21. The first kappa shape index (κ1) is 24.3. The zero-order chi connectivity index (χ0) is 26.1. The van der Waals surface area contributed by atoms with E-state index >= 15 is 8.78 Å². The molecule has 0 aromatic heterocycles. The third kappa shape index (κ3) is 3.95. The van der Waals surface area contributed by atoms with Crippen LogP contribution in [0, 0.1) is 11.6 Å². The highest BCUT2D eigenvalue weighted by Crippen LogP contribution is 2.65. The number of benzene rings is 5. The summed E-state index contributed by atoms with van der Waals surface area (Å²) in [4.78, 5) is 0. The van der Waals surface area contributed by atoms with Crippen LogP contribution in [0.1, 0.15) is 27.8 Å². The van der Waals surface area contributed by atoms with Crippen molar-refractivity contribution in [3.63, 3.8) is 0 Å². The number of alkyl halides is 1. The van der Waals surface area contributed by atoms with Gasteiger partial charge in [-0.3, -0.25) is 0 Å². The lowest BCUT2D eigenvalue weighted by Gasteiger charge is -2.32. The van der Waals surface area contributed by atoms with Gasteiger partial charge in [-0.15, -0.1) is 0 Å². The van der Waals surface area contributed by atoms with Gasteiger partial charge in [0.2, 0.25) is 0 Å². The highest BCUT2D eigenvalue weighted by atomic mass is 79.9. The smallest absolute Gasteiger partial charge is 0.131 e. The van der Waals surface area contributed by atoms with E-state index in [9.17, 15) is 0 Å². The Balaban J connectivity index is 1.86. The second-order valence-electron chi connectivity index (χ2n) is 9.22. The molecule has 1 aliphatic carbocycles. The van der Waals surface area contributed by atoms with Crippen LogP contribution in [0.2, 0.25) is 0 Å². The third-order valence-electron chi connectivity index (χ3n) is 7.00. The number of rotatable bonds is 5. The molecular formula is C35H23BrF2. The van der Waals surface area contributed by atoms with E-state index in [0.717, 1.165) is 44.5 Å². The first-order valence-corrected chi connectivity index (χ1v) is 13.2. The van der Waals surface area contributed by atoms with Crippen molar-refractivity contribution in [1.82, 2.24) is 0 Å². The summed E-state index contributed by atoms with van der Waals surface area (Å²) < 4.78 is 30.4. The normalized spacial score (nSPS) is 14.7. The average molecular weight is 561 g/mol. The van der Waals surface area contributed by atoms with Crippen molar-refractivity contribution in [3.8, 4) is 0 Å². The van der Waals surface area contributed by atoms with Gasteiger partial charge in [0, 0.05) is 5.56 Å². The molecule has 0 unspecified atom stereocenters. The van der Waals surface area contributed by atoms with Crippen LogP contribution in [-0.4, -0.2) is 0 Å². The van der Waals surface area contributed by atoms with E-state index in [-0.39, 0.29) is 5.56 Å². The third-order valence-corrected chi connectivity index (χ3v) is 8.19. The molecule has 1 aliphatic rings. The molecule has 184 valence electrons. The van der Waals surface area contributed by atoms with Gasteiger partial charge in [-0.1, -0.05) is 143 Å². The molecule has 0 saturated carbocycles. The van der Waals surface area contributed by atoms with E-state index in [2.05, 4.69) is 40.2 Å². The van der Waals surface area contributed by atoms with E-state index in [1.54, 1.807) is 0 Å². The predicted molar refractivity (Wildman–Crippen MR) is 156 cm³/mol. The molecule has 6 rings (SSSR count). The maximum Gasteiger partial charge on any atom is 0.131 e. The molecule has 0 heterocycles. The molecule has 0 amide bonds. The van der Waals surface area contributed by atoms with Gasteiger partial charge in [0.1, 0.15) is 16.0 Å². The minimum absolute atomic E-state index is 0.0305. The molecule has 5 aromatic rings. The van der Waals surface area contributed by atoms with Crippen LogP contribution in [0.3, 0.4) is 0 Å². The summed E-state index contributed by atoms with van der Waals surface area (Å²) in [5, 5.41) is 0. The lowest BCUT2D eigenvalue weighted by Crippen LogP contribution is -2.24. The van der Waals surface area contributed by atoms with Crippen molar-refractivity contribution < 1.29 is 8.78 Å². The lowest BCUT2D eigenvalue weighted by atomic mass is 9.80. The minimum atomic E-state index is -1.32. The summed E-state index contributed by atoms with van der Waals surface area (Å²) in [7, 11) is 0. The van der Waals surface area contributed by atoms with Gasteiger partial charge in [0.25, 0.3) is 0 Å². The molecule has 38 heavy (non-hydrogen) atoms. The fourth-order valence-corrected chi connectivity index (χ4v) is 6.71. The number of allylic oxidation sites excluding steroid dienone is 4. The van der Waals surface area contributed by atoms with E-state index in [4.69, 9.17) is 0 Å². The van der Waals surface area contributed by atoms with Gasteiger partial charge in [-0.25, -0.2) is 8.78 Å². The van der Waals surface area contributed by atoms with E-state index < -0.39 is 16.0 Å². The van der Waals surface area contributed by atoms with Crippen LogP contribution in [-0.2, 0) is 4.32 Å². The summed E-state index contributed by atoms with van der Waals surface area (Å²) >= 11 is 4.04. The lowest BCUT2D eigenvalue weighted by molar-refractivity contribution is 0.555. The quantitative estimate of drug-likeness (QED) is 0.187. The molecule has 0 aliphatic heterocycles. The number of hydrogen-bond acceptors (Lipinski definition) is 0. The van der Waals surface area contributed by atoms with Crippen LogP contribution in [0.25, 0.3) is 22.3 Å². The van der Waals surface area contributed by atoms with Gasteiger partial charge >= 0.3 is 0 Å². The maximum absolute atomic E-state index is 15.9. The largest absolute Gasteiger partial charge is 0.207 e. The van der Waals surface area contributed by atoms with Crippen molar-refractivity contribution in [2.45, 2.75) is 4.32 Å². The SMILES string of the molecule is Fc1cccc(F)c1C1(Br)C(c2ccccc2)=C(c2ccccc2)C(c2ccccc2)=C1c1ccccc1. The maximum atomic E-state index is 15.9. The number of halogens is 3. The topological polar surface area (TPSA) is 0 Å². The summed E-state index contributed by atoms with van der Waals surface area (Å²) in [6.07, 6.45) is 0. The second-order valence-corrected chi connectivity index (χ2v) is 10.4. The highest BCUT2D eigenvalue weighted by molar-refractivity contribution is 9.10. The van der Waals surface area contributed by atoms with Gasteiger partial charge in [0.15, 0.2) is 0 Å². The molecule has 0 nitrogen and oxygen atoms in total. The van der Waals surface area contributed by atoms with Gasteiger partial charge in [0.05, 0.1) is 0 Å². The molecule has 0 atom stereocenters. The molecule has 5 aromatic carbocycles. The molecular weight excluding hydrogens is 538 g/mol. The number of hydrogen-bond donors (Lipinski definition) is 0. The van der Waals surface area contributed by atoms with Crippen LogP contribution in [0.5, 0.6) is 0 Å². The Bertz CT molecular complexity index is 1540. The van der Waals surface area contributed by atoms with Crippen molar-refractivity contribution in [1.29, 1.82) is 0 Å². The van der Waals surface area contributed by atoms with Gasteiger partial charge < -0.3 is 0 Å². The molecule has 0 spiro atoms. The second kappa shape index (κ2) is 10.00. The van der Waals surface area contributed by atoms with Gasteiger partial charge in [-0.05, 0) is 56.7 Å². The van der Waals surface area contributed by atoms with E-state index in [1.165, 1.54) is 18.2 Å². The van der Waals surface area contributed by atoms with Crippen LogP contribution in [0.15, 0.2) is 140 Å². The van der Waals surface area contributed by atoms with Crippen molar-refractivity contribution in [2.24, 2.45) is 0 Å². The zero-order valence-corrected chi connectivity index (χ0v) is 22.0. The van der Waals surface area contributed by atoms with Crippen LogP contribution < -0.4 is 0 Å². The predicted octanol–water partition coefficient (Wildman–Crippen LogP) is 9.79. The van der Waals surface area contributed by atoms with E-state index in [1.807, 2.05) is 97.1 Å².